The summed E-state index contributed by atoms with van der Waals surface area (Å²) in [5.41, 5.74) is 0. The number of rotatable bonds is 0. The first-order valence-electron chi connectivity index (χ1n) is 2.61. The van der Waals surface area contributed by atoms with Crippen LogP contribution in [0.1, 0.15) is 12.8 Å². The van der Waals surface area contributed by atoms with Crippen LogP contribution in [0.25, 0.3) is 0 Å². The Kier molecular flexibility index (Phi) is 1.31. The molecule has 0 saturated heterocycles. The van der Waals surface area contributed by atoms with Gasteiger partial charge in [-0.1, -0.05) is 0 Å². The fourth-order valence-electron chi connectivity index (χ4n) is 0.822. The number of aliphatic hydroxyl groups is 2. The zero-order valence-electron chi connectivity index (χ0n) is 4.37. The number of aliphatic hydroxyl groups excluding tert-OH is 2. The fourth-order valence-corrected chi connectivity index (χ4v) is 0.822. The van der Waals surface area contributed by atoms with Gasteiger partial charge in [0.05, 0.1) is 0 Å². The quantitative estimate of drug-likeness (QED) is 0.430. The Bertz CT molecular complexity index is 98.2. The highest BCUT2D eigenvalue weighted by Gasteiger charge is 2.30. The zero-order chi connectivity index (χ0) is 6.15. The van der Waals surface area contributed by atoms with Gasteiger partial charge in [0.1, 0.15) is 12.2 Å². The summed E-state index contributed by atoms with van der Waals surface area (Å²) in [6, 6.07) is 0. The average molecular weight is 116 g/mol. The van der Waals surface area contributed by atoms with Crippen molar-refractivity contribution in [2.45, 2.75) is 25.0 Å². The van der Waals surface area contributed by atoms with Crippen molar-refractivity contribution in [2.75, 3.05) is 0 Å². The molecule has 0 amide bonds. The molecule has 2 atom stereocenters. The number of hydrogen-bond donors (Lipinski definition) is 2. The van der Waals surface area contributed by atoms with E-state index in [1.807, 2.05) is 0 Å². The smallest absolute Gasteiger partial charge is 0.189 e. The maximum atomic E-state index is 10.4. The standard InChI is InChI=1S/C5H8O3/c6-3-1-2-4(7)5(3)8/h3-4,6-7H,1-2H2. The molecule has 0 radical (unpaired) electrons. The molecule has 0 aromatic carbocycles. The van der Waals surface area contributed by atoms with E-state index in [9.17, 15) is 4.79 Å². The molecule has 2 unspecified atom stereocenters. The summed E-state index contributed by atoms with van der Waals surface area (Å²) in [6.07, 6.45) is -0.963. The lowest BCUT2D eigenvalue weighted by Gasteiger charge is -1.95. The summed E-state index contributed by atoms with van der Waals surface area (Å²) in [6.45, 7) is 0. The van der Waals surface area contributed by atoms with Gasteiger partial charge >= 0.3 is 0 Å². The van der Waals surface area contributed by atoms with Gasteiger partial charge in [-0.25, -0.2) is 0 Å². The van der Waals surface area contributed by atoms with Gasteiger partial charge in [-0.2, -0.15) is 0 Å². The molecule has 3 heteroatoms. The normalized spacial score (nSPS) is 38.5. The third kappa shape index (κ3) is 0.743. The minimum absolute atomic E-state index is 0.417. The summed E-state index contributed by atoms with van der Waals surface area (Å²) < 4.78 is 0. The molecule has 0 heterocycles. The van der Waals surface area contributed by atoms with E-state index in [1.54, 1.807) is 0 Å². The molecule has 1 saturated carbocycles. The van der Waals surface area contributed by atoms with Crippen LogP contribution in [-0.4, -0.2) is 28.2 Å². The van der Waals surface area contributed by atoms with Crippen LogP contribution in [-0.2, 0) is 4.79 Å². The Morgan fingerprint density at radius 2 is 1.62 bits per heavy atom. The van der Waals surface area contributed by atoms with Gasteiger partial charge < -0.3 is 10.2 Å². The highest BCUT2D eigenvalue weighted by atomic mass is 16.3. The molecular formula is C5H8O3. The lowest BCUT2D eigenvalue weighted by molar-refractivity contribution is -0.130. The minimum atomic E-state index is -0.898. The van der Waals surface area contributed by atoms with Crippen molar-refractivity contribution < 1.29 is 15.0 Å². The van der Waals surface area contributed by atoms with Gasteiger partial charge in [0.2, 0.25) is 0 Å². The van der Waals surface area contributed by atoms with E-state index in [-0.39, 0.29) is 0 Å². The summed E-state index contributed by atoms with van der Waals surface area (Å²) in [5.74, 6) is -0.426. The molecule has 2 N–H and O–H groups in total. The van der Waals surface area contributed by atoms with Crippen LogP contribution in [0.15, 0.2) is 0 Å². The van der Waals surface area contributed by atoms with Gasteiger partial charge in [-0.3, -0.25) is 4.79 Å². The molecule has 0 aromatic heterocycles. The van der Waals surface area contributed by atoms with Gasteiger partial charge in [-0.05, 0) is 12.8 Å². The summed E-state index contributed by atoms with van der Waals surface area (Å²) in [5, 5.41) is 17.3. The average Bonchev–Trinajstić information content (AvgIpc) is 1.98. The lowest BCUT2D eigenvalue weighted by atomic mass is 10.3. The fraction of sp³-hybridized carbons (Fsp3) is 0.800. The second-order valence-corrected chi connectivity index (χ2v) is 2.01. The van der Waals surface area contributed by atoms with Gasteiger partial charge in [0.15, 0.2) is 5.78 Å². The molecule has 1 fully saturated rings. The molecule has 1 rings (SSSR count). The van der Waals surface area contributed by atoms with Crippen molar-refractivity contribution >= 4 is 5.78 Å². The van der Waals surface area contributed by atoms with Crippen molar-refractivity contribution in [1.29, 1.82) is 0 Å². The molecule has 8 heavy (non-hydrogen) atoms. The van der Waals surface area contributed by atoms with Crippen LogP contribution in [0.2, 0.25) is 0 Å². The molecule has 0 spiro atoms. The molecule has 1 aliphatic carbocycles. The van der Waals surface area contributed by atoms with Gasteiger partial charge in [0, 0.05) is 0 Å². The predicted octanol–water partition coefficient (Wildman–Crippen LogP) is -0.929. The maximum absolute atomic E-state index is 10.4. The van der Waals surface area contributed by atoms with Crippen LogP contribution < -0.4 is 0 Å². The Balaban J connectivity index is 2.57. The monoisotopic (exact) mass is 116 g/mol. The summed E-state index contributed by atoms with van der Waals surface area (Å²) >= 11 is 0. The van der Waals surface area contributed by atoms with E-state index in [2.05, 4.69) is 0 Å². The molecule has 3 nitrogen and oxygen atoms in total. The topological polar surface area (TPSA) is 57.5 Å². The number of hydrogen-bond acceptors (Lipinski definition) is 3. The van der Waals surface area contributed by atoms with Gasteiger partial charge in [-0.15, -0.1) is 0 Å². The summed E-state index contributed by atoms with van der Waals surface area (Å²) in [7, 11) is 0. The number of carbonyl (C=O) groups excluding carboxylic acids is 1. The molecule has 0 bridgehead atoms. The Morgan fingerprint density at radius 1 is 1.25 bits per heavy atom. The van der Waals surface area contributed by atoms with E-state index in [0.29, 0.717) is 12.8 Å². The molecular weight excluding hydrogens is 108 g/mol. The van der Waals surface area contributed by atoms with Crippen molar-refractivity contribution in [3.63, 3.8) is 0 Å². The third-order valence-corrected chi connectivity index (χ3v) is 1.37. The SMILES string of the molecule is O=C1C(O)CCC1O. The second kappa shape index (κ2) is 1.84. The van der Waals surface area contributed by atoms with Crippen LogP contribution in [0.4, 0.5) is 0 Å². The Hall–Kier alpha value is -0.410. The first-order valence-corrected chi connectivity index (χ1v) is 2.61. The summed E-state index contributed by atoms with van der Waals surface area (Å²) in [4.78, 5) is 10.4. The minimum Gasteiger partial charge on any atom is -0.385 e. The molecule has 0 aliphatic heterocycles. The van der Waals surface area contributed by atoms with Crippen LogP contribution in [0, 0.1) is 0 Å². The highest BCUT2D eigenvalue weighted by molar-refractivity contribution is 5.88. The zero-order valence-corrected chi connectivity index (χ0v) is 4.37. The second-order valence-electron chi connectivity index (χ2n) is 2.01. The van der Waals surface area contributed by atoms with E-state index in [0.717, 1.165) is 0 Å². The van der Waals surface area contributed by atoms with Crippen LogP contribution in [0.5, 0.6) is 0 Å². The first kappa shape index (κ1) is 5.72. The van der Waals surface area contributed by atoms with Crippen LogP contribution in [0.3, 0.4) is 0 Å². The third-order valence-electron chi connectivity index (χ3n) is 1.37. The Morgan fingerprint density at radius 3 is 1.75 bits per heavy atom. The van der Waals surface area contributed by atoms with E-state index in [4.69, 9.17) is 10.2 Å². The number of Topliss-reactive ketones (excluding diaryl/α,β-unsaturated/α-hetero) is 1. The largest absolute Gasteiger partial charge is 0.385 e. The molecule has 1 aliphatic rings. The highest BCUT2D eigenvalue weighted by Crippen LogP contribution is 2.14. The van der Waals surface area contributed by atoms with Crippen LogP contribution >= 0.6 is 0 Å². The van der Waals surface area contributed by atoms with Gasteiger partial charge in [0.25, 0.3) is 0 Å². The van der Waals surface area contributed by atoms with Crippen molar-refractivity contribution in [1.82, 2.24) is 0 Å². The lowest BCUT2D eigenvalue weighted by Crippen LogP contribution is -2.21. The molecule has 0 aromatic rings. The molecule has 46 valence electrons. The van der Waals surface area contributed by atoms with E-state index >= 15 is 0 Å². The van der Waals surface area contributed by atoms with E-state index < -0.39 is 18.0 Å². The van der Waals surface area contributed by atoms with E-state index in [1.165, 1.54) is 0 Å². The Labute approximate surface area is 46.9 Å². The van der Waals surface area contributed by atoms with Crippen molar-refractivity contribution in [2.24, 2.45) is 0 Å². The number of ketones is 1. The van der Waals surface area contributed by atoms with Crippen molar-refractivity contribution in [3.8, 4) is 0 Å². The maximum Gasteiger partial charge on any atom is 0.189 e. The van der Waals surface area contributed by atoms with Crippen molar-refractivity contribution in [3.05, 3.63) is 0 Å². The first-order chi connectivity index (χ1) is 3.72. The predicted molar refractivity (Wildman–Crippen MR) is 26.3 cm³/mol. The number of carbonyl (C=O) groups is 1.